The van der Waals surface area contributed by atoms with E-state index in [0.29, 0.717) is 17.9 Å². The molecule has 0 radical (unpaired) electrons. The maximum absolute atomic E-state index is 13.2. The summed E-state index contributed by atoms with van der Waals surface area (Å²) in [6.07, 6.45) is 0.553. The van der Waals surface area contributed by atoms with E-state index in [-0.39, 0.29) is 30.3 Å². The number of nitrogens with zero attached hydrogens (tertiary/aromatic N) is 3. The van der Waals surface area contributed by atoms with Gasteiger partial charge in [-0.25, -0.2) is 5.01 Å². The first-order chi connectivity index (χ1) is 14.3. The molecule has 2 heterocycles. The van der Waals surface area contributed by atoms with Crippen molar-refractivity contribution in [1.29, 1.82) is 0 Å². The standard InChI is InChI=1S/C22H27N3O4S/c1-14(2)22(27)24(3)13-21(26)25-18(12-17(23-25)20-7-6-10-30-20)16-11-15(28-4)8-9-19(16)29-5/h6-11,14,18H,12-13H2,1-5H3/t18-/m0/s1. The number of hydrogen-bond donors (Lipinski definition) is 0. The molecular formula is C22H27N3O4S. The van der Waals surface area contributed by atoms with Crippen LogP contribution in [-0.4, -0.2) is 55.2 Å². The van der Waals surface area contributed by atoms with Gasteiger partial charge in [-0.3, -0.25) is 9.59 Å². The van der Waals surface area contributed by atoms with Gasteiger partial charge in [-0.2, -0.15) is 5.10 Å². The van der Waals surface area contributed by atoms with Gasteiger partial charge in [0.2, 0.25) is 5.91 Å². The Morgan fingerprint density at radius 2 is 2.03 bits per heavy atom. The highest BCUT2D eigenvalue weighted by Crippen LogP contribution is 2.39. The lowest BCUT2D eigenvalue weighted by Gasteiger charge is -2.26. The number of benzene rings is 1. The summed E-state index contributed by atoms with van der Waals surface area (Å²) in [5, 5.41) is 8.12. The molecule has 2 aromatic rings. The van der Waals surface area contributed by atoms with Gasteiger partial charge >= 0.3 is 0 Å². The van der Waals surface area contributed by atoms with Crippen molar-refractivity contribution in [3.05, 3.63) is 46.2 Å². The molecule has 1 atom stereocenters. The van der Waals surface area contributed by atoms with Crippen molar-refractivity contribution in [1.82, 2.24) is 9.91 Å². The fourth-order valence-corrected chi connectivity index (χ4v) is 4.19. The molecule has 0 saturated carbocycles. The highest BCUT2D eigenvalue weighted by molar-refractivity contribution is 7.12. The molecule has 1 aliphatic rings. The third kappa shape index (κ3) is 4.48. The van der Waals surface area contributed by atoms with E-state index in [1.165, 1.54) is 9.91 Å². The van der Waals surface area contributed by atoms with E-state index in [1.807, 2.05) is 49.6 Å². The number of rotatable bonds is 7. The first kappa shape index (κ1) is 21.8. The number of ether oxygens (including phenoxy) is 2. The first-order valence-electron chi connectivity index (χ1n) is 9.76. The van der Waals surface area contributed by atoms with Crippen LogP contribution in [0.1, 0.15) is 36.8 Å². The molecule has 0 spiro atoms. The lowest BCUT2D eigenvalue weighted by atomic mass is 9.99. The summed E-state index contributed by atoms with van der Waals surface area (Å²) in [5.74, 6) is 0.831. The molecule has 0 unspecified atom stereocenters. The molecule has 0 saturated heterocycles. The summed E-state index contributed by atoms with van der Waals surface area (Å²) in [7, 11) is 4.84. The molecular weight excluding hydrogens is 402 g/mol. The fourth-order valence-electron chi connectivity index (χ4n) is 3.47. The van der Waals surface area contributed by atoms with Gasteiger partial charge in [-0.1, -0.05) is 19.9 Å². The third-order valence-electron chi connectivity index (χ3n) is 5.01. The second kappa shape index (κ2) is 9.30. The number of thiophene rings is 1. The average molecular weight is 430 g/mol. The number of hydrazone groups is 1. The van der Waals surface area contributed by atoms with Gasteiger partial charge < -0.3 is 14.4 Å². The Kier molecular flexibility index (Phi) is 6.77. The maximum atomic E-state index is 13.2. The molecule has 30 heavy (non-hydrogen) atoms. The summed E-state index contributed by atoms with van der Waals surface area (Å²) in [6.45, 7) is 3.59. The molecule has 0 bridgehead atoms. The number of carbonyl (C=O) groups is 2. The molecule has 3 rings (SSSR count). The van der Waals surface area contributed by atoms with Gasteiger partial charge in [0.05, 0.1) is 30.9 Å². The van der Waals surface area contributed by atoms with Crippen molar-refractivity contribution in [2.45, 2.75) is 26.3 Å². The number of methoxy groups -OCH3 is 2. The minimum absolute atomic E-state index is 0.0407. The van der Waals surface area contributed by atoms with Crippen LogP contribution in [0.15, 0.2) is 40.8 Å². The Morgan fingerprint density at radius 3 is 2.63 bits per heavy atom. The van der Waals surface area contributed by atoms with E-state index in [4.69, 9.17) is 9.47 Å². The molecule has 7 nitrogen and oxygen atoms in total. The summed E-state index contributed by atoms with van der Waals surface area (Å²) < 4.78 is 10.9. The molecule has 0 fully saturated rings. The number of carbonyl (C=O) groups excluding carboxylic acids is 2. The minimum Gasteiger partial charge on any atom is -0.497 e. The van der Waals surface area contributed by atoms with Gasteiger partial charge in [0.25, 0.3) is 5.91 Å². The van der Waals surface area contributed by atoms with E-state index in [9.17, 15) is 9.59 Å². The monoisotopic (exact) mass is 429 g/mol. The molecule has 8 heteroatoms. The SMILES string of the molecule is COc1ccc(OC)c([C@@H]2CC(c3cccs3)=NN2C(=O)CN(C)C(=O)C(C)C)c1. The lowest BCUT2D eigenvalue weighted by Crippen LogP contribution is -2.40. The van der Waals surface area contributed by atoms with E-state index in [2.05, 4.69) is 5.10 Å². The smallest absolute Gasteiger partial charge is 0.262 e. The number of amides is 2. The summed E-state index contributed by atoms with van der Waals surface area (Å²) in [4.78, 5) is 27.9. The van der Waals surface area contributed by atoms with Crippen molar-refractivity contribution in [2.75, 3.05) is 27.8 Å². The topological polar surface area (TPSA) is 71.4 Å². The van der Waals surface area contributed by atoms with Gasteiger partial charge in [0.15, 0.2) is 0 Å². The molecule has 1 aromatic carbocycles. The normalized spacial score (nSPS) is 15.9. The zero-order valence-corrected chi connectivity index (χ0v) is 18.7. The van der Waals surface area contributed by atoms with Crippen molar-refractivity contribution < 1.29 is 19.1 Å². The second-order valence-corrected chi connectivity index (χ2v) is 8.39. The van der Waals surface area contributed by atoms with E-state index in [0.717, 1.165) is 16.2 Å². The minimum atomic E-state index is -0.345. The van der Waals surface area contributed by atoms with Crippen LogP contribution in [0, 0.1) is 5.92 Å². The number of hydrogen-bond acceptors (Lipinski definition) is 6. The summed E-state index contributed by atoms with van der Waals surface area (Å²) in [6, 6.07) is 9.13. The molecule has 0 N–H and O–H groups in total. The van der Waals surface area contributed by atoms with Gasteiger partial charge in [0, 0.05) is 24.9 Å². The van der Waals surface area contributed by atoms with E-state index >= 15 is 0 Å². The molecule has 1 aromatic heterocycles. The number of likely N-dealkylation sites (N-methyl/N-ethyl adjacent to an activating group) is 1. The quantitative estimate of drug-likeness (QED) is 0.675. The lowest BCUT2D eigenvalue weighted by molar-refractivity contribution is -0.142. The molecule has 0 aliphatic carbocycles. The Labute approximate surface area is 180 Å². The fraction of sp³-hybridized carbons (Fsp3) is 0.409. The Morgan fingerprint density at radius 1 is 1.27 bits per heavy atom. The largest absolute Gasteiger partial charge is 0.497 e. The molecule has 1 aliphatic heterocycles. The van der Waals surface area contributed by atoms with Crippen LogP contribution in [0.2, 0.25) is 0 Å². The van der Waals surface area contributed by atoms with Crippen LogP contribution in [0.5, 0.6) is 11.5 Å². The van der Waals surface area contributed by atoms with Crippen molar-refractivity contribution in [3.8, 4) is 11.5 Å². The Bertz CT molecular complexity index is 940. The van der Waals surface area contributed by atoms with Gasteiger partial charge in [-0.15, -0.1) is 11.3 Å². The van der Waals surface area contributed by atoms with Crippen LogP contribution in [0.4, 0.5) is 0 Å². The third-order valence-corrected chi connectivity index (χ3v) is 5.93. The zero-order chi connectivity index (χ0) is 21.8. The average Bonchev–Trinajstić information content (AvgIpc) is 3.42. The molecule has 2 amide bonds. The summed E-state index contributed by atoms with van der Waals surface area (Å²) in [5.41, 5.74) is 1.66. The van der Waals surface area contributed by atoms with Crippen molar-refractivity contribution >= 4 is 28.9 Å². The molecule has 160 valence electrons. The Balaban J connectivity index is 1.95. The highest BCUT2D eigenvalue weighted by Gasteiger charge is 2.36. The van der Waals surface area contributed by atoms with Crippen molar-refractivity contribution in [2.24, 2.45) is 11.0 Å². The predicted molar refractivity (Wildman–Crippen MR) is 117 cm³/mol. The predicted octanol–water partition coefficient (Wildman–Crippen LogP) is 3.56. The highest BCUT2D eigenvalue weighted by atomic mass is 32.1. The summed E-state index contributed by atoms with van der Waals surface area (Å²) >= 11 is 1.58. The van der Waals surface area contributed by atoms with Crippen LogP contribution in [0.25, 0.3) is 0 Å². The van der Waals surface area contributed by atoms with Crippen LogP contribution < -0.4 is 9.47 Å². The van der Waals surface area contributed by atoms with E-state index in [1.54, 1.807) is 32.6 Å². The van der Waals surface area contributed by atoms with Crippen LogP contribution >= 0.6 is 11.3 Å². The van der Waals surface area contributed by atoms with Crippen LogP contribution in [-0.2, 0) is 9.59 Å². The Hall–Kier alpha value is -2.87. The maximum Gasteiger partial charge on any atom is 0.262 e. The van der Waals surface area contributed by atoms with Crippen molar-refractivity contribution in [3.63, 3.8) is 0 Å². The van der Waals surface area contributed by atoms with Gasteiger partial charge in [0.1, 0.15) is 18.0 Å². The second-order valence-electron chi connectivity index (χ2n) is 7.44. The van der Waals surface area contributed by atoms with E-state index < -0.39 is 0 Å². The van der Waals surface area contributed by atoms with Gasteiger partial charge in [-0.05, 0) is 29.6 Å². The van der Waals surface area contributed by atoms with Crippen LogP contribution in [0.3, 0.4) is 0 Å². The zero-order valence-electron chi connectivity index (χ0n) is 17.9. The first-order valence-corrected chi connectivity index (χ1v) is 10.6.